The minimum atomic E-state index is -0.356. The Morgan fingerprint density at radius 2 is 2.14 bits per heavy atom. The van der Waals surface area contributed by atoms with E-state index >= 15 is 0 Å². The molecule has 0 aliphatic heterocycles. The van der Waals surface area contributed by atoms with E-state index in [4.69, 9.17) is 4.74 Å². The summed E-state index contributed by atoms with van der Waals surface area (Å²) in [7, 11) is 2.87. The van der Waals surface area contributed by atoms with Crippen LogP contribution in [0.25, 0.3) is 0 Å². The van der Waals surface area contributed by atoms with Crippen molar-refractivity contribution >= 4 is 5.97 Å². The predicted octanol–water partition coefficient (Wildman–Crippen LogP) is 2.29. The van der Waals surface area contributed by atoms with E-state index < -0.39 is 0 Å². The summed E-state index contributed by atoms with van der Waals surface area (Å²) in [5.74, 6) is -0.349. The first-order valence-corrected chi connectivity index (χ1v) is 4.64. The van der Waals surface area contributed by atoms with Gasteiger partial charge in [0.2, 0.25) is 0 Å². The molecular formula is C11H18O3. The highest BCUT2D eigenvalue weighted by Gasteiger charge is 2.18. The topological polar surface area (TPSA) is 35.5 Å². The molecule has 14 heavy (non-hydrogen) atoms. The molecule has 0 saturated carbocycles. The van der Waals surface area contributed by atoms with Crippen LogP contribution in [0.5, 0.6) is 0 Å². The fraction of sp³-hybridized carbons (Fsp3) is 0.545. The maximum atomic E-state index is 11.4. The summed E-state index contributed by atoms with van der Waals surface area (Å²) in [6, 6.07) is 0. The number of carbonyl (C=O) groups excluding carboxylic acids is 1. The Labute approximate surface area is 85.4 Å². The molecule has 3 nitrogen and oxygen atoms in total. The molecule has 0 aliphatic rings. The highest BCUT2D eigenvalue weighted by molar-refractivity contribution is 5.89. The van der Waals surface area contributed by atoms with Gasteiger partial charge < -0.3 is 9.47 Å². The molecule has 80 valence electrons. The van der Waals surface area contributed by atoms with Crippen LogP contribution in [0.15, 0.2) is 24.5 Å². The third-order valence-corrected chi connectivity index (χ3v) is 1.95. The van der Waals surface area contributed by atoms with Crippen molar-refractivity contribution in [3.63, 3.8) is 0 Å². The second kappa shape index (κ2) is 7.18. The molecule has 0 saturated heterocycles. The number of methoxy groups -OCH3 is 2. The fourth-order valence-corrected chi connectivity index (χ4v) is 1.24. The second-order valence-electron chi connectivity index (χ2n) is 2.93. The summed E-state index contributed by atoms with van der Waals surface area (Å²) in [6.45, 7) is 5.75. The van der Waals surface area contributed by atoms with Gasteiger partial charge in [-0.15, -0.1) is 6.58 Å². The normalized spacial score (nSPS) is 13.2. The molecule has 0 spiro atoms. The van der Waals surface area contributed by atoms with Gasteiger partial charge in [-0.05, 0) is 6.42 Å². The minimum Gasteiger partial charge on any atom is -0.504 e. The number of hydrogen-bond acceptors (Lipinski definition) is 3. The number of allylic oxidation sites excluding steroid dienone is 1. The van der Waals surface area contributed by atoms with E-state index in [0.29, 0.717) is 5.57 Å². The molecule has 0 aromatic heterocycles. The van der Waals surface area contributed by atoms with Crippen molar-refractivity contribution in [3.8, 4) is 0 Å². The van der Waals surface area contributed by atoms with Gasteiger partial charge in [0, 0.05) is 5.92 Å². The van der Waals surface area contributed by atoms with E-state index in [1.165, 1.54) is 20.5 Å². The van der Waals surface area contributed by atoms with Crippen molar-refractivity contribution < 1.29 is 14.3 Å². The van der Waals surface area contributed by atoms with E-state index in [1.807, 2.05) is 0 Å². The van der Waals surface area contributed by atoms with Crippen molar-refractivity contribution in [3.05, 3.63) is 24.5 Å². The molecule has 0 heterocycles. The minimum absolute atomic E-state index is 0.00685. The molecule has 0 amide bonds. The molecule has 0 unspecified atom stereocenters. The Morgan fingerprint density at radius 1 is 1.50 bits per heavy atom. The van der Waals surface area contributed by atoms with Crippen molar-refractivity contribution in [2.24, 2.45) is 5.92 Å². The van der Waals surface area contributed by atoms with Crippen molar-refractivity contribution in [2.75, 3.05) is 14.2 Å². The van der Waals surface area contributed by atoms with Gasteiger partial charge >= 0.3 is 5.97 Å². The number of hydrogen-bond donors (Lipinski definition) is 0. The van der Waals surface area contributed by atoms with Gasteiger partial charge in [-0.1, -0.05) is 19.4 Å². The second-order valence-corrected chi connectivity index (χ2v) is 2.93. The highest BCUT2D eigenvalue weighted by atomic mass is 16.5. The Morgan fingerprint density at radius 3 is 2.50 bits per heavy atom. The van der Waals surface area contributed by atoms with E-state index in [-0.39, 0.29) is 11.9 Å². The molecule has 0 aliphatic carbocycles. The largest absolute Gasteiger partial charge is 0.504 e. The van der Waals surface area contributed by atoms with Crippen LogP contribution in [0.1, 0.15) is 19.8 Å². The van der Waals surface area contributed by atoms with E-state index in [9.17, 15) is 4.79 Å². The number of rotatable bonds is 6. The summed E-state index contributed by atoms with van der Waals surface area (Å²) >= 11 is 0. The molecule has 0 N–H and O–H groups in total. The van der Waals surface area contributed by atoms with E-state index in [2.05, 4.69) is 18.2 Å². The Balaban J connectivity index is 4.69. The zero-order valence-corrected chi connectivity index (χ0v) is 9.08. The Bertz CT molecular complexity index is 219. The van der Waals surface area contributed by atoms with Gasteiger partial charge in [0.05, 0.1) is 26.1 Å². The van der Waals surface area contributed by atoms with Gasteiger partial charge in [-0.2, -0.15) is 0 Å². The van der Waals surface area contributed by atoms with Crippen LogP contribution in [-0.2, 0) is 14.3 Å². The molecule has 3 heteroatoms. The quantitative estimate of drug-likeness (QED) is 0.284. The third kappa shape index (κ3) is 3.64. The van der Waals surface area contributed by atoms with E-state index in [0.717, 1.165) is 12.8 Å². The van der Waals surface area contributed by atoms with Crippen molar-refractivity contribution in [1.29, 1.82) is 0 Å². The lowest BCUT2D eigenvalue weighted by atomic mass is 9.95. The average Bonchev–Trinajstić information content (AvgIpc) is 2.22. The smallest absolute Gasteiger partial charge is 0.337 e. The summed E-state index contributed by atoms with van der Waals surface area (Å²) < 4.78 is 9.50. The summed E-state index contributed by atoms with van der Waals surface area (Å²) in [6.07, 6.45) is 5.02. The molecule has 0 radical (unpaired) electrons. The molecular weight excluding hydrogens is 180 g/mol. The SMILES string of the molecule is C=C[C@H](CCC)/C(=C/OC)C(=O)OC. The number of ether oxygens (including phenoxy) is 2. The zero-order valence-electron chi connectivity index (χ0n) is 9.08. The monoisotopic (exact) mass is 198 g/mol. The predicted molar refractivity (Wildman–Crippen MR) is 55.7 cm³/mol. The first-order chi connectivity index (χ1) is 6.71. The molecule has 1 atom stereocenters. The third-order valence-electron chi connectivity index (χ3n) is 1.95. The van der Waals surface area contributed by atoms with Gasteiger partial charge in [0.25, 0.3) is 0 Å². The summed E-state index contributed by atoms with van der Waals surface area (Å²) in [4.78, 5) is 11.4. The molecule has 0 aromatic rings. The fourth-order valence-electron chi connectivity index (χ4n) is 1.24. The number of carbonyl (C=O) groups is 1. The lowest BCUT2D eigenvalue weighted by Gasteiger charge is -2.13. The first-order valence-electron chi connectivity index (χ1n) is 4.64. The summed E-state index contributed by atoms with van der Waals surface area (Å²) in [5.41, 5.74) is 0.520. The van der Waals surface area contributed by atoms with Crippen molar-refractivity contribution in [1.82, 2.24) is 0 Å². The lowest BCUT2D eigenvalue weighted by molar-refractivity contribution is -0.136. The zero-order chi connectivity index (χ0) is 11.0. The van der Waals surface area contributed by atoms with E-state index in [1.54, 1.807) is 6.08 Å². The average molecular weight is 198 g/mol. The maximum Gasteiger partial charge on any atom is 0.337 e. The van der Waals surface area contributed by atoms with Gasteiger partial charge in [0.1, 0.15) is 0 Å². The lowest BCUT2D eigenvalue weighted by Crippen LogP contribution is -2.13. The van der Waals surface area contributed by atoms with Crippen LogP contribution >= 0.6 is 0 Å². The molecule has 0 bridgehead atoms. The van der Waals surface area contributed by atoms with Crippen LogP contribution in [0.3, 0.4) is 0 Å². The van der Waals surface area contributed by atoms with Gasteiger partial charge in [-0.25, -0.2) is 4.79 Å². The van der Waals surface area contributed by atoms with Gasteiger partial charge in [-0.3, -0.25) is 0 Å². The van der Waals surface area contributed by atoms with Crippen LogP contribution in [0.4, 0.5) is 0 Å². The van der Waals surface area contributed by atoms with Gasteiger partial charge in [0.15, 0.2) is 0 Å². The van der Waals surface area contributed by atoms with Crippen LogP contribution < -0.4 is 0 Å². The van der Waals surface area contributed by atoms with Crippen LogP contribution in [0, 0.1) is 5.92 Å². The van der Waals surface area contributed by atoms with Crippen molar-refractivity contribution in [2.45, 2.75) is 19.8 Å². The summed E-state index contributed by atoms with van der Waals surface area (Å²) in [5, 5.41) is 0. The highest BCUT2D eigenvalue weighted by Crippen LogP contribution is 2.19. The molecule has 0 aromatic carbocycles. The Kier molecular flexibility index (Phi) is 6.54. The van der Waals surface area contributed by atoms with Crippen LogP contribution in [0.2, 0.25) is 0 Å². The van der Waals surface area contributed by atoms with Crippen LogP contribution in [-0.4, -0.2) is 20.2 Å². The first kappa shape index (κ1) is 12.8. The molecule has 0 rings (SSSR count). The molecule has 0 fully saturated rings. The maximum absolute atomic E-state index is 11.4. The number of esters is 1. The Hall–Kier alpha value is -1.25. The standard InChI is InChI=1S/C11H18O3/c1-5-7-9(6-2)10(8-13-3)11(12)14-4/h6,8-9H,2,5,7H2,1,3-4H3/b10-8-/t9-/m1/s1.